The minimum atomic E-state index is -1.10. The van der Waals surface area contributed by atoms with Crippen molar-refractivity contribution in [1.82, 2.24) is 9.78 Å². The summed E-state index contributed by atoms with van der Waals surface area (Å²) >= 11 is 6.41. The monoisotopic (exact) mass is 482 g/mol. The molecule has 0 radical (unpaired) electrons. The second kappa shape index (κ2) is 11.0. The summed E-state index contributed by atoms with van der Waals surface area (Å²) in [7, 11) is 1.33. The van der Waals surface area contributed by atoms with Crippen molar-refractivity contribution in [2.45, 2.75) is 52.9 Å². The standard InChI is InChI=1S/C27H31ClN2O4/c1-18(2)25(31)14-19-9-8-11-20(13-19)24-15-22(17-34-27(3,4)26(32)33-5)29-30(24)16-21-10-6-7-12-23(21)28/h6-13,15,18H,14,16-17H2,1-5H3. The molecule has 6 nitrogen and oxygen atoms in total. The van der Waals surface area contributed by atoms with Gasteiger partial charge >= 0.3 is 5.97 Å². The van der Waals surface area contributed by atoms with Gasteiger partial charge in [0.1, 0.15) is 5.78 Å². The van der Waals surface area contributed by atoms with Crippen LogP contribution in [0.1, 0.15) is 44.5 Å². The van der Waals surface area contributed by atoms with Gasteiger partial charge in [-0.15, -0.1) is 0 Å². The molecule has 34 heavy (non-hydrogen) atoms. The van der Waals surface area contributed by atoms with Gasteiger partial charge in [-0.3, -0.25) is 9.48 Å². The fourth-order valence-corrected chi connectivity index (χ4v) is 3.68. The molecule has 0 bridgehead atoms. The second-order valence-electron chi connectivity index (χ2n) is 9.06. The Labute approximate surface area is 205 Å². The number of nitrogens with zero attached hydrogens (tertiary/aromatic N) is 2. The summed E-state index contributed by atoms with van der Waals surface area (Å²) in [5, 5.41) is 5.40. The molecule has 0 saturated heterocycles. The van der Waals surface area contributed by atoms with Crippen LogP contribution in [0.3, 0.4) is 0 Å². The maximum absolute atomic E-state index is 12.3. The Bertz CT molecular complexity index is 1170. The molecule has 0 aliphatic heterocycles. The van der Waals surface area contributed by atoms with E-state index >= 15 is 0 Å². The van der Waals surface area contributed by atoms with Gasteiger partial charge < -0.3 is 9.47 Å². The Morgan fingerprint density at radius 2 is 1.82 bits per heavy atom. The summed E-state index contributed by atoms with van der Waals surface area (Å²) in [6.45, 7) is 7.74. The van der Waals surface area contributed by atoms with Crippen LogP contribution in [-0.4, -0.2) is 34.2 Å². The van der Waals surface area contributed by atoms with Crippen LogP contribution >= 0.6 is 11.6 Å². The number of hydrogen-bond donors (Lipinski definition) is 0. The van der Waals surface area contributed by atoms with Crippen LogP contribution in [0.25, 0.3) is 11.3 Å². The number of hydrogen-bond acceptors (Lipinski definition) is 5. The molecule has 3 aromatic rings. The van der Waals surface area contributed by atoms with Crippen LogP contribution in [-0.2, 0) is 38.6 Å². The molecule has 0 saturated carbocycles. The minimum absolute atomic E-state index is 0.0173. The van der Waals surface area contributed by atoms with E-state index in [0.717, 1.165) is 22.4 Å². The lowest BCUT2D eigenvalue weighted by Gasteiger charge is -2.21. The number of esters is 1. The van der Waals surface area contributed by atoms with Crippen LogP contribution < -0.4 is 0 Å². The molecule has 0 N–H and O–H groups in total. The molecule has 0 aliphatic rings. The lowest BCUT2D eigenvalue weighted by molar-refractivity contribution is -0.166. The Balaban J connectivity index is 1.95. The molecular weight excluding hydrogens is 452 g/mol. The van der Waals surface area contributed by atoms with Crippen molar-refractivity contribution in [3.63, 3.8) is 0 Å². The van der Waals surface area contributed by atoms with Gasteiger partial charge in [0.05, 0.1) is 31.6 Å². The Hall–Kier alpha value is -2.96. The smallest absolute Gasteiger partial charge is 0.337 e. The van der Waals surface area contributed by atoms with Crippen LogP contribution in [0, 0.1) is 5.92 Å². The van der Waals surface area contributed by atoms with Crippen molar-refractivity contribution in [3.05, 3.63) is 76.4 Å². The van der Waals surface area contributed by atoms with E-state index in [-0.39, 0.29) is 18.3 Å². The van der Waals surface area contributed by atoms with Crippen molar-refractivity contribution >= 4 is 23.4 Å². The predicted octanol–water partition coefficient (Wildman–Crippen LogP) is 5.49. The zero-order valence-corrected chi connectivity index (χ0v) is 21.1. The van der Waals surface area contributed by atoms with E-state index < -0.39 is 11.6 Å². The van der Waals surface area contributed by atoms with Crippen LogP contribution in [0.2, 0.25) is 5.02 Å². The molecule has 0 fully saturated rings. The van der Waals surface area contributed by atoms with Crippen molar-refractivity contribution in [2.75, 3.05) is 7.11 Å². The first-order valence-corrected chi connectivity index (χ1v) is 11.6. The SMILES string of the molecule is COC(=O)C(C)(C)OCc1cc(-c2cccc(CC(=O)C(C)C)c2)n(Cc2ccccc2Cl)n1. The third kappa shape index (κ3) is 6.33. The number of aromatic nitrogens is 2. The fourth-order valence-electron chi connectivity index (χ4n) is 3.49. The zero-order valence-electron chi connectivity index (χ0n) is 20.3. The lowest BCUT2D eigenvalue weighted by Crippen LogP contribution is -2.35. The quantitative estimate of drug-likeness (QED) is 0.357. The van der Waals surface area contributed by atoms with Gasteiger partial charge in [0.25, 0.3) is 0 Å². The van der Waals surface area contributed by atoms with E-state index in [2.05, 4.69) is 0 Å². The Morgan fingerprint density at radius 1 is 1.09 bits per heavy atom. The number of ether oxygens (including phenoxy) is 2. The summed E-state index contributed by atoms with van der Waals surface area (Å²) in [6, 6.07) is 17.5. The van der Waals surface area contributed by atoms with Crippen LogP contribution in [0.15, 0.2) is 54.6 Å². The van der Waals surface area contributed by atoms with E-state index in [0.29, 0.717) is 23.7 Å². The number of benzene rings is 2. The number of halogens is 1. The average molecular weight is 483 g/mol. The first-order chi connectivity index (χ1) is 16.1. The number of Topliss-reactive ketones (excluding diaryl/α,β-unsaturated/α-hetero) is 1. The highest BCUT2D eigenvalue weighted by atomic mass is 35.5. The molecule has 2 aromatic carbocycles. The van der Waals surface area contributed by atoms with E-state index in [4.69, 9.17) is 26.2 Å². The number of ketones is 1. The normalized spacial score (nSPS) is 11.6. The van der Waals surface area contributed by atoms with Crippen molar-refractivity contribution < 1.29 is 19.1 Å². The molecule has 7 heteroatoms. The van der Waals surface area contributed by atoms with Gasteiger partial charge in [-0.05, 0) is 43.2 Å². The topological polar surface area (TPSA) is 70.4 Å². The second-order valence-corrected chi connectivity index (χ2v) is 9.47. The molecular formula is C27H31ClN2O4. The van der Waals surface area contributed by atoms with Gasteiger partial charge in [-0.2, -0.15) is 5.10 Å². The van der Waals surface area contributed by atoms with E-state index in [1.54, 1.807) is 13.8 Å². The van der Waals surface area contributed by atoms with Gasteiger partial charge in [-0.1, -0.05) is 61.8 Å². The summed E-state index contributed by atoms with van der Waals surface area (Å²) in [5.41, 5.74) is 3.26. The van der Waals surface area contributed by atoms with Gasteiger partial charge in [0, 0.05) is 22.9 Å². The first kappa shape index (κ1) is 25.7. The maximum atomic E-state index is 12.3. The van der Waals surface area contributed by atoms with Gasteiger partial charge in [0.2, 0.25) is 0 Å². The van der Waals surface area contributed by atoms with Crippen molar-refractivity contribution in [2.24, 2.45) is 5.92 Å². The Morgan fingerprint density at radius 3 is 2.50 bits per heavy atom. The van der Waals surface area contributed by atoms with Crippen LogP contribution in [0.4, 0.5) is 0 Å². The van der Waals surface area contributed by atoms with Crippen LogP contribution in [0.5, 0.6) is 0 Å². The fraction of sp³-hybridized carbons (Fsp3) is 0.370. The van der Waals surface area contributed by atoms with Crippen molar-refractivity contribution in [1.29, 1.82) is 0 Å². The number of methoxy groups -OCH3 is 1. The van der Waals surface area contributed by atoms with Crippen molar-refractivity contribution in [3.8, 4) is 11.3 Å². The third-order valence-corrected chi connectivity index (χ3v) is 5.98. The maximum Gasteiger partial charge on any atom is 0.337 e. The molecule has 0 unspecified atom stereocenters. The number of carbonyl (C=O) groups excluding carboxylic acids is 2. The molecule has 1 heterocycles. The summed E-state index contributed by atoms with van der Waals surface area (Å²) < 4.78 is 12.5. The third-order valence-electron chi connectivity index (χ3n) is 5.61. The lowest BCUT2D eigenvalue weighted by atomic mass is 9.99. The molecule has 0 spiro atoms. The largest absolute Gasteiger partial charge is 0.467 e. The minimum Gasteiger partial charge on any atom is -0.467 e. The number of carbonyl (C=O) groups is 2. The molecule has 180 valence electrons. The molecule has 0 amide bonds. The van der Waals surface area contributed by atoms with E-state index in [9.17, 15) is 9.59 Å². The average Bonchev–Trinajstić information content (AvgIpc) is 3.21. The van der Waals surface area contributed by atoms with E-state index in [1.165, 1.54) is 7.11 Å². The van der Waals surface area contributed by atoms with Gasteiger partial charge in [0.15, 0.2) is 5.60 Å². The summed E-state index contributed by atoms with van der Waals surface area (Å²) in [4.78, 5) is 24.3. The summed E-state index contributed by atoms with van der Waals surface area (Å²) in [6.07, 6.45) is 0.382. The molecule has 3 rings (SSSR count). The molecule has 0 aliphatic carbocycles. The summed E-state index contributed by atoms with van der Waals surface area (Å²) in [5.74, 6) is -0.275. The zero-order chi connectivity index (χ0) is 24.9. The molecule has 0 atom stereocenters. The highest BCUT2D eigenvalue weighted by Gasteiger charge is 2.30. The first-order valence-electron chi connectivity index (χ1n) is 11.2. The van der Waals surface area contributed by atoms with Gasteiger partial charge in [-0.25, -0.2) is 4.79 Å². The highest BCUT2D eigenvalue weighted by Crippen LogP contribution is 2.26. The van der Waals surface area contributed by atoms with E-state index in [1.807, 2.05) is 73.1 Å². The molecule has 1 aromatic heterocycles. The predicted molar refractivity (Wildman–Crippen MR) is 133 cm³/mol. The number of rotatable bonds is 10. The Kier molecular flexibility index (Phi) is 8.28. The highest BCUT2D eigenvalue weighted by molar-refractivity contribution is 6.31.